The van der Waals surface area contributed by atoms with Crippen molar-refractivity contribution < 1.29 is 0 Å². The van der Waals surface area contributed by atoms with Gasteiger partial charge in [0, 0.05) is 18.7 Å². The van der Waals surface area contributed by atoms with Crippen LogP contribution in [0.3, 0.4) is 0 Å². The molecule has 0 radical (unpaired) electrons. The molecule has 0 spiro atoms. The Bertz CT molecular complexity index is 387. The zero-order chi connectivity index (χ0) is 12.6. The number of piperidine rings is 1. The maximum absolute atomic E-state index is 4.56. The molecule has 1 aromatic heterocycles. The van der Waals surface area contributed by atoms with E-state index in [-0.39, 0.29) is 0 Å². The van der Waals surface area contributed by atoms with Crippen molar-refractivity contribution in [1.82, 2.24) is 9.97 Å². The Morgan fingerprint density at radius 2 is 2.00 bits per heavy atom. The Morgan fingerprint density at radius 1 is 1.29 bits per heavy atom. The molecule has 2 heterocycles. The van der Waals surface area contributed by atoms with Gasteiger partial charge in [0.2, 0.25) is 0 Å². The van der Waals surface area contributed by atoms with Crippen LogP contribution in [-0.2, 0) is 0 Å². The predicted octanol–water partition coefficient (Wildman–Crippen LogP) is 3.42. The summed E-state index contributed by atoms with van der Waals surface area (Å²) in [5, 5.41) is 0. The fourth-order valence-corrected chi connectivity index (χ4v) is 3.14. The van der Waals surface area contributed by atoms with Crippen LogP contribution in [0.15, 0.2) is 10.7 Å². The van der Waals surface area contributed by atoms with Crippen molar-refractivity contribution >= 4 is 21.7 Å². The van der Waals surface area contributed by atoms with Gasteiger partial charge in [-0.3, -0.25) is 0 Å². The van der Waals surface area contributed by atoms with Crippen molar-refractivity contribution in [3.63, 3.8) is 0 Å². The summed E-state index contributed by atoms with van der Waals surface area (Å²) in [7, 11) is 0. The van der Waals surface area contributed by atoms with Crippen LogP contribution in [0.2, 0.25) is 0 Å². The summed E-state index contributed by atoms with van der Waals surface area (Å²) >= 11 is 3.45. The zero-order valence-electron chi connectivity index (χ0n) is 10.9. The smallest absolute Gasteiger partial charge is 0.133 e. The van der Waals surface area contributed by atoms with Gasteiger partial charge in [0.1, 0.15) is 16.2 Å². The standard InChI is InChI=1S/C13H20BrN3/c1-8-5-9(2)10(3)17(7-8)13-6-12(14)15-11(4)16-13/h6,8-10H,5,7H2,1-4H3. The first-order valence-corrected chi connectivity index (χ1v) is 7.04. The summed E-state index contributed by atoms with van der Waals surface area (Å²) in [5.74, 6) is 3.32. The monoisotopic (exact) mass is 297 g/mol. The minimum atomic E-state index is 0.549. The predicted molar refractivity (Wildman–Crippen MR) is 74.2 cm³/mol. The largest absolute Gasteiger partial charge is 0.353 e. The first kappa shape index (κ1) is 12.8. The number of nitrogens with zero attached hydrogens (tertiary/aromatic N) is 3. The molecular weight excluding hydrogens is 278 g/mol. The lowest BCUT2D eigenvalue weighted by Gasteiger charge is -2.42. The minimum absolute atomic E-state index is 0.549. The van der Waals surface area contributed by atoms with Crippen molar-refractivity contribution in [3.8, 4) is 0 Å². The molecule has 0 N–H and O–H groups in total. The summed E-state index contributed by atoms with van der Waals surface area (Å²) in [5.41, 5.74) is 0. The van der Waals surface area contributed by atoms with Crippen LogP contribution in [0.5, 0.6) is 0 Å². The molecule has 0 saturated carbocycles. The van der Waals surface area contributed by atoms with Crippen LogP contribution < -0.4 is 4.90 Å². The number of hydrogen-bond acceptors (Lipinski definition) is 3. The number of aromatic nitrogens is 2. The third-order valence-corrected chi connectivity index (χ3v) is 4.09. The van der Waals surface area contributed by atoms with Crippen molar-refractivity contribution in [2.24, 2.45) is 11.8 Å². The maximum atomic E-state index is 4.56. The Labute approximate surface area is 112 Å². The van der Waals surface area contributed by atoms with Gasteiger partial charge in [-0.2, -0.15) is 0 Å². The van der Waals surface area contributed by atoms with Crippen LogP contribution in [-0.4, -0.2) is 22.6 Å². The third-order valence-electron chi connectivity index (χ3n) is 3.69. The van der Waals surface area contributed by atoms with Crippen LogP contribution >= 0.6 is 15.9 Å². The van der Waals surface area contributed by atoms with Gasteiger partial charge in [-0.1, -0.05) is 13.8 Å². The Morgan fingerprint density at radius 3 is 2.65 bits per heavy atom. The molecule has 94 valence electrons. The summed E-state index contributed by atoms with van der Waals surface area (Å²) < 4.78 is 0.873. The number of rotatable bonds is 1. The normalized spacial score (nSPS) is 29.5. The molecule has 1 aliphatic heterocycles. The van der Waals surface area contributed by atoms with Crippen molar-refractivity contribution in [2.45, 2.75) is 40.2 Å². The van der Waals surface area contributed by atoms with Crippen LogP contribution in [0.1, 0.15) is 33.0 Å². The van der Waals surface area contributed by atoms with E-state index in [9.17, 15) is 0 Å². The van der Waals surface area contributed by atoms with Gasteiger partial charge in [-0.25, -0.2) is 9.97 Å². The van der Waals surface area contributed by atoms with Gasteiger partial charge >= 0.3 is 0 Å². The van der Waals surface area contributed by atoms with Gasteiger partial charge in [0.15, 0.2) is 0 Å². The number of anilines is 1. The molecule has 4 heteroatoms. The summed E-state index contributed by atoms with van der Waals surface area (Å²) in [6.07, 6.45) is 1.31. The van der Waals surface area contributed by atoms with Crippen molar-refractivity contribution in [2.75, 3.05) is 11.4 Å². The average Bonchev–Trinajstić information content (AvgIpc) is 2.22. The van der Waals surface area contributed by atoms with Crippen molar-refractivity contribution in [3.05, 3.63) is 16.5 Å². The molecule has 1 aromatic rings. The van der Waals surface area contributed by atoms with Crippen LogP contribution in [0.4, 0.5) is 5.82 Å². The highest BCUT2D eigenvalue weighted by atomic mass is 79.9. The SMILES string of the molecule is Cc1nc(Br)cc(N2CC(C)CC(C)C2C)n1. The fraction of sp³-hybridized carbons (Fsp3) is 0.692. The first-order chi connectivity index (χ1) is 7.97. The number of halogens is 1. The van der Waals surface area contributed by atoms with E-state index in [1.807, 2.05) is 13.0 Å². The molecular formula is C13H20BrN3. The second kappa shape index (κ2) is 4.92. The van der Waals surface area contributed by atoms with Gasteiger partial charge in [0.05, 0.1) is 0 Å². The van der Waals surface area contributed by atoms with E-state index in [1.165, 1.54) is 6.42 Å². The lowest BCUT2D eigenvalue weighted by atomic mass is 9.86. The van der Waals surface area contributed by atoms with E-state index in [4.69, 9.17) is 0 Å². The van der Waals surface area contributed by atoms with Gasteiger partial charge < -0.3 is 4.90 Å². The van der Waals surface area contributed by atoms with E-state index in [0.717, 1.165) is 28.7 Å². The zero-order valence-corrected chi connectivity index (χ0v) is 12.5. The summed E-state index contributed by atoms with van der Waals surface area (Å²) in [6, 6.07) is 2.57. The second-order valence-corrected chi connectivity index (χ2v) is 6.12. The molecule has 3 unspecified atom stereocenters. The highest BCUT2D eigenvalue weighted by molar-refractivity contribution is 9.10. The molecule has 1 saturated heterocycles. The first-order valence-electron chi connectivity index (χ1n) is 6.25. The van der Waals surface area contributed by atoms with E-state index < -0.39 is 0 Å². The Balaban J connectivity index is 2.30. The molecule has 0 amide bonds. The quantitative estimate of drug-likeness (QED) is 0.744. The number of aryl methyl sites for hydroxylation is 1. The third kappa shape index (κ3) is 2.79. The fourth-order valence-electron chi connectivity index (χ4n) is 2.68. The molecule has 0 aliphatic carbocycles. The molecule has 17 heavy (non-hydrogen) atoms. The molecule has 2 rings (SSSR count). The molecule has 0 aromatic carbocycles. The second-order valence-electron chi connectivity index (χ2n) is 5.31. The maximum Gasteiger partial charge on any atom is 0.133 e. The molecule has 1 fully saturated rings. The van der Waals surface area contributed by atoms with Crippen LogP contribution in [0.25, 0.3) is 0 Å². The topological polar surface area (TPSA) is 29.0 Å². The molecule has 1 aliphatic rings. The average molecular weight is 298 g/mol. The Kier molecular flexibility index (Phi) is 3.71. The van der Waals surface area contributed by atoms with E-state index in [0.29, 0.717) is 12.0 Å². The lowest BCUT2D eigenvalue weighted by molar-refractivity contribution is 0.295. The number of hydrogen-bond donors (Lipinski definition) is 0. The minimum Gasteiger partial charge on any atom is -0.353 e. The van der Waals surface area contributed by atoms with Gasteiger partial charge in [0.25, 0.3) is 0 Å². The Hall–Kier alpha value is -0.640. The lowest BCUT2D eigenvalue weighted by Crippen LogP contribution is -2.46. The highest BCUT2D eigenvalue weighted by Gasteiger charge is 2.29. The highest BCUT2D eigenvalue weighted by Crippen LogP contribution is 2.30. The molecule has 3 nitrogen and oxygen atoms in total. The summed E-state index contributed by atoms with van der Waals surface area (Å²) in [4.78, 5) is 11.2. The van der Waals surface area contributed by atoms with E-state index >= 15 is 0 Å². The van der Waals surface area contributed by atoms with Gasteiger partial charge in [-0.05, 0) is 48.0 Å². The van der Waals surface area contributed by atoms with E-state index in [1.54, 1.807) is 0 Å². The summed E-state index contributed by atoms with van der Waals surface area (Å²) in [6.45, 7) is 9.97. The van der Waals surface area contributed by atoms with Crippen molar-refractivity contribution in [1.29, 1.82) is 0 Å². The van der Waals surface area contributed by atoms with E-state index in [2.05, 4.69) is 51.6 Å². The molecule has 0 bridgehead atoms. The van der Waals surface area contributed by atoms with Crippen LogP contribution in [0, 0.1) is 18.8 Å². The molecule has 3 atom stereocenters. The van der Waals surface area contributed by atoms with Gasteiger partial charge in [-0.15, -0.1) is 0 Å².